The zero-order valence-corrected chi connectivity index (χ0v) is 17.6. The SMILES string of the molecule is CCNC(=NCc1cccc(CN(C)C)c1)NC1CC(=O)N(c2ccccc2)C1. The largest absolute Gasteiger partial charge is 0.357 e. The van der Waals surface area contributed by atoms with Crippen molar-refractivity contribution in [2.45, 2.75) is 32.5 Å². The summed E-state index contributed by atoms with van der Waals surface area (Å²) in [6, 6.07) is 18.4. The van der Waals surface area contributed by atoms with Gasteiger partial charge in [0.25, 0.3) is 0 Å². The van der Waals surface area contributed by atoms with Crippen molar-refractivity contribution >= 4 is 17.6 Å². The van der Waals surface area contributed by atoms with Crippen LogP contribution in [0, 0.1) is 0 Å². The van der Waals surface area contributed by atoms with Gasteiger partial charge in [-0.2, -0.15) is 0 Å². The van der Waals surface area contributed by atoms with Crippen LogP contribution in [0.5, 0.6) is 0 Å². The number of aliphatic imine (C=N–C) groups is 1. The van der Waals surface area contributed by atoms with Gasteiger partial charge in [-0.3, -0.25) is 4.79 Å². The maximum absolute atomic E-state index is 12.5. The van der Waals surface area contributed by atoms with Gasteiger partial charge in [0.2, 0.25) is 5.91 Å². The van der Waals surface area contributed by atoms with E-state index in [1.807, 2.05) is 42.2 Å². The summed E-state index contributed by atoms with van der Waals surface area (Å²) >= 11 is 0. The van der Waals surface area contributed by atoms with Crippen LogP contribution in [0.15, 0.2) is 59.6 Å². The summed E-state index contributed by atoms with van der Waals surface area (Å²) < 4.78 is 0. The lowest BCUT2D eigenvalue weighted by molar-refractivity contribution is -0.117. The maximum Gasteiger partial charge on any atom is 0.229 e. The first-order chi connectivity index (χ1) is 14.0. The molecule has 0 spiro atoms. The Kier molecular flexibility index (Phi) is 7.25. The molecule has 0 aliphatic carbocycles. The standard InChI is InChI=1S/C23H31N5O/c1-4-24-23(25-15-18-9-8-10-19(13-18)16-27(2)3)26-20-14-22(29)28(17-20)21-11-6-5-7-12-21/h5-13,20H,4,14-17H2,1-3H3,(H2,24,25,26). The molecule has 1 saturated heterocycles. The minimum Gasteiger partial charge on any atom is -0.357 e. The minimum absolute atomic E-state index is 0.0422. The van der Waals surface area contributed by atoms with Crippen LogP contribution < -0.4 is 15.5 Å². The van der Waals surface area contributed by atoms with E-state index in [-0.39, 0.29) is 11.9 Å². The Morgan fingerprint density at radius 3 is 2.62 bits per heavy atom. The van der Waals surface area contributed by atoms with Crippen molar-refractivity contribution in [3.63, 3.8) is 0 Å². The summed E-state index contributed by atoms with van der Waals surface area (Å²) in [5, 5.41) is 6.73. The van der Waals surface area contributed by atoms with E-state index >= 15 is 0 Å². The molecular weight excluding hydrogens is 362 g/mol. The van der Waals surface area contributed by atoms with Crippen LogP contribution >= 0.6 is 0 Å². The number of carbonyl (C=O) groups is 1. The number of para-hydroxylation sites is 1. The monoisotopic (exact) mass is 393 g/mol. The minimum atomic E-state index is 0.0422. The zero-order chi connectivity index (χ0) is 20.6. The fraction of sp³-hybridized carbons (Fsp3) is 0.391. The van der Waals surface area contributed by atoms with E-state index in [9.17, 15) is 4.79 Å². The van der Waals surface area contributed by atoms with Crippen LogP contribution in [-0.4, -0.2) is 50.0 Å². The van der Waals surface area contributed by atoms with Gasteiger partial charge in [-0.25, -0.2) is 4.99 Å². The van der Waals surface area contributed by atoms with Crippen molar-refractivity contribution in [3.05, 3.63) is 65.7 Å². The molecular formula is C23H31N5O. The van der Waals surface area contributed by atoms with Crippen molar-refractivity contribution in [3.8, 4) is 0 Å². The van der Waals surface area contributed by atoms with Crippen LogP contribution in [0.2, 0.25) is 0 Å². The van der Waals surface area contributed by atoms with Gasteiger partial charge < -0.3 is 20.4 Å². The van der Waals surface area contributed by atoms with Crippen LogP contribution in [0.1, 0.15) is 24.5 Å². The molecule has 2 aromatic carbocycles. The lowest BCUT2D eigenvalue weighted by atomic mass is 10.1. The molecule has 0 saturated carbocycles. The highest BCUT2D eigenvalue weighted by atomic mass is 16.2. The number of guanidine groups is 1. The number of hydrogen-bond donors (Lipinski definition) is 2. The number of carbonyl (C=O) groups excluding carboxylic acids is 1. The highest BCUT2D eigenvalue weighted by molar-refractivity contribution is 5.97. The van der Waals surface area contributed by atoms with Crippen molar-refractivity contribution in [2.24, 2.45) is 4.99 Å². The van der Waals surface area contributed by atoms with Crippen LogP contribution in [-0.2, 0) is 17.9 Å². The molecule has 1 unspecified atom stereocenters. The number of nitrogens with one attached hydrogen (secondary N) is 2. The number of rotatable bonds is 7. The van der Waals surface area contributed by atoms with Gasteiger partial charge in [-0.05, 0) is 44.3 Å². The van der Waals surface area contributed by atoms with Crippen molar-refractivity contribution < 1.29 is 4.79 Å². The van der Waals surface area contributed by atoms with Crippen LogP contribution in [0.4, 0.5) is 5.69 Å². The predicted molar refractivity (Wildman–Crippen MR) is 119 cm³/mol. The molecule has 0 bridgehead atoms. The third-order valence-electron chi connectivity index (χ3n) is 4.79. The molecule has 29 heavy (non-hydrogen) atoms. The molecule has 3 rings (SSSR count). The fourth-order valence-corrected chi connectivity index (χ4v) is 3.54. The Labute approximate surface area is 173 Å². The van der Waals surface area contributed by atoms with Gasteiger partial charge in [0.05, 0.1) is 12.6 Å². The number of anilines is 1. The molecule has 0 aromatic heterocycles. The third-order valence-corrected chi connectivity index (χ3v) is 4.79. The highest BCUT2D eigenvalue weighted by Gasteiger charge is 2.31. The molecule has 1 heterocycles. The van der Waals surface area contributed by atoms with E-state index in [0.717, 1.165) is 24.7 Å². The second-order valence-corrected chi connectivity index (χ2v) is 7.64. The first kappa shape index (κ1) is 20.9. The molecule has 1 atom stereocenters. The lowest BCUT2D eigenvalue weighted by Gasteiger charge is -2.19. The van der Waals surface area contributed by atoms with Gasteiger partial charge in [-0.1, -0.05) is 42.5 Å². The normalized spacial score (nSPS) is 17.1. The molecule has 2 aromatic rings. The molecule has 1 amide bonds. The first-order valence-electron chi connectivity index (χ1n) is 10.2. The number of hydrogen-bond acceptors (Lipinski definition) is 3. The Balaban J connectivity index is 1.63. The Morgan fingerprint density at radius 2 is 1.90 bits per heavy atom. The Morgan fingerprint density at radius 1 is 1.14 bits per heavy atom. The van der Waals surface area contributed by atoms with Gasteiger partial charge >= 0.3 is 0 Å². The third kappa shape index (κ3) is 6.06. The van der Waals surface area contributed by atoms with E-state index in [2.05, 4.69) is 53.9 Å². The smallest absolute Gasteiger partial charge is 0.229 e. The van der Waals surface area contributed by atoms with Crippen molar-refractivity contribution in [2.75, 3.05) is 32.1 Å². The number of benzene rings is 2. The summed E-state index contributed by atoms with van der Waals surface area (Å²) in [5.74, 6) is 0.888. The highest BCUT2D eigenvalue weighted by Crippen LogP contribution is 2.21. The summed E-state index contributed by atoms with van der Waals surface area (Å²) in [4.78, 5) is 21.2. The summed E-state index contributed by atoms with van der Waals surface area (Å²) in [5.41, 5.74) is 3.40. The van der Waals surface area contributed by atoms with Gasteiger partial charge in [0.15, 0.2) is 5.96 Å². The predicted octanol–water partition coefficient (Wildman–Crippen LogP) is 2.61. The average Bonchev–Trinajstić information content (AvgIpc) is 3.07. The van der Waals surface area contributed by atoms with E-state index in [0.29, 0.717) is 19.5 Å². The maximum atomic E-state index is 12.5. The molecule has 1 aliphatic heterocycles. The van der Waals surface area contributed by atoms with E-state index in [1.165, 1.54) is 11.1 Å². The van der Waals surface area contributed by atoms with Crippen molar-refractivity contribution in [1.82, 2.24) is 15.5 Å². The molecule has 0 radical (unpaired) electrons. The fourth-order valence-electron chi connectivity index (χ4n) is 3.54. The lowest BCUT2D eigenvalue weighted by Crippen LogP contribution is -2.44. The zero-order valence-electron chi connectivity index (χ0n) is 17.6. The van der Waals surface area contributed by atoms with Crippen molar-refractivity contribution in [1.29, 1.82) is 0 Å². The van der Waals surface area contributed by atoms with E-state index in [1.54, 1.807) is 0 Å². The molecule has 1 fully saturated rings. The average molecular weight is 394 g/mol. The Hall–Kier alpha value is -2.86. The summed E-state index contributed by atoms with van der Waals surface area (Å²) in [7, 11) is 4.14. The molecule has 6 heteroatoms. The van der Waals surface area contributed by atoms with Crippen LogP contribution in [0.3, 0.4) is 0 Å². The second-order valence-electron chi connectivity index (χ2n) is 7.64. The topological polar surface area (TPSA) is 60.0 Å². The van der Waals surface area contributed by atoms with E-state index in [4.69, 9.17) is 4.99 Å². The Bertz CT molecular complexity index is 834. The molecule has 2 N–H and O–H groups in total. The van der Waals surface area contributed by atoms with Gasteiger partial charge in [0, 0.05) is 31.7 Å². The number of amides is 1. The van der Waals surface area contributed by atoms with Crippen LogP contribution in [0.25, 0.3) is 0 Å². The van der Waals surface area contributed by atoms with E-state index < -0.39 is 0 Å². The molecule has 154 valence electrons. The second kappa shape index (κ2) is 10.1. The first-order valence-corrected chi connectivity index (χ1v) is 10.2. The molecule has 1 aliphatic rings. The van der Waals surface area contributed by atoms with Gasteiger partial charge in [-0.15, -0.1) is 0 Å². The molecule has 6 nitrogen and oxygen atoms in total. The quantitative estimate of drug-likeness (QED) is 0.561. The summed E-state index contributed by atoms with van der Waals surface area (Å²) in [6.07, 6.45) is 0.470. The van der Waals surface area contributed by atoms with Gasteiger partial charge in [0.1, 0.15) is 0 Å². The summed E-state index contributed by atoms with van der Waals surface area (Å²) in [6.45, 7) is 4.97. The number of nitrogens with zero attached hydrogens (tertiary/aromatic N) is 3.